The number of fused-ring (bicyclic) bond motifs is 4. The van der Waals surface area contributed by atoms with Crippen molar-refractivity contribution in [2.45, 2.75) is 91.9 Å². The predicted octanol–water partition coefficient (Wildman–Crippen LogP) is 16.6. The second kappa shape index (κ2) is 16.1. The van der Waals surface area contributed by atoms with Gasteiger partial charge in [-0.1, -0.05) is 189 Å². The lowest BCUT2D eigenvalue weighted by Gasteiger charge is -2.47. The number of aryl methyl sites for hydroxylation is 2. The van der Waals surface area contributed by atoms with Crippen molar-refractivity contribution in [3.63, 3.8) is 0 Å². The van der Waals surface area contributed by atoms with Gasteiger partial charge >= 0.3 is 0 Å². The maximum Gasteiger partial charge on any atom is 0.164 e. The van der Waals surface area contributed by atoms with Gasteiger partial charge in [-0.2, -0.15) is 0 Å². The van der Waals surface area contributed by atoms with Crippen LogP contribution in [0.4, 0.5) is 0 Å². The SMILES string of the molecule is Cc1cccc(C)c1-n1c(-c2ccc3c(n2)-c2c(O)cccc2C(C)(C)C3(C)C)nc2c(-c3cccc(-c4c(-c5ccccc5)cccc4-c4cc(C(C)C)cc(C(C)C)c4)c3)cccc21. The normalized spacial score (nSPS) is 13.9. The molecular weight excluding hydrogens is 803 g/mol. The number of hydrogen-bond donors (Lipinski definition) is 1. The molecule has 0 spiro atoms. The van der Waals surface area contributed by atoms with Gasteiger partial charge in [0.2, 0.25) is 0 Å². The van der Waals surface area contributed by atoms with Gasteiger partial charge < -0.3 is 5.11 Å². The van der Waals surface area contributed by atoms with Crippen molar-refractivity contribution in [1.82, 2.24) is 14.5 Å². The van der Waals surface area contributed by atoms with Crippen molar-refractivity contribution >= 4 is 11.0 Å². The Morgan fingerprint density at radius 3 is 1.76 bits per heavy atom. The summed E-state index contributed by atoms with van der Waals surface area (Å²) in [6.07, 6.45) is 0. The summed E-state index contributed by atoms with van der Waals surface area (Å²) in [5, 5.41) is 11.5. The van der Waals surface area contributed by atoms with Crippen molar-refractivity contribution in [3.8, 4) is 78.7 Å². The Morgan fingerprint density at radius 2 is 1.06 bits per heavy atom. The Hall–Kier alpha value is -7.04. The van der Waals surface area contributed by atoms with Gasteiger partial charge in [-0.15, -0.1) is 0 Å². The molecule has 0 fully saturated rings. The van der Waals surface area contributed by atoms with Crippen LogP contribution in [0, 0.1) is 13.8 Å². The van der Waals surface area contributed by atoms with E-state index in [-0.39, 0.29) is 16.6 Å². The van der Waals surface area contributed by atoms with Crippen molar-refractivity contribution in [3.05, 3.63) is 191 Å². The molecule has 0 saturated heterocycles. The predicted molar refractivity (Wildman–Crippen MR) is 277 cm³/mol. The van der Waals surface area contributed by atoms with Gasteiger partial charge in [-0.25, -0.2) is 9.97 Å². The monoisotopic (exact) mass is 861 g/mol. The van der Waals surface area contributed by atoms with Crippen LogP contribution in [0.25, 0.3) is 84.0 Å². The topological polar surface area (TPSA) is 50.9 Å². The summed E-state index contributed by atoms with van der Waals surface area (Å²) in [7, 11) is 0. The largest absolute Gasteiger partial charge is 0.507 e. The van der Waals surface area contributed by atoms with Crippen molar-refractivity contribution in [2.24, 2.45) is 0 Å². The smallest absolute Gasteiger partial charge is 0.164 e. The van der Waals surface area contributed by atoms with E-state index < -0.39 is 0 Å². The molecule has 0 radical (unpaired) electrons. The molecule has 0 saturated carbocycles. The molecule has 0 unspecified atom stereocenters. The van der Waals surface area contributed by atoms with Crippen molar-refractivity contribution < 1.29 is 5.11 Å². The molecule has 0 atom stereocenters. The van der Waals surface area contributed by atoms with E-state index in [0.29, 0.717) is 11.8 Å². The summed E-state index contributed by atoms with van der Waals surface area (Å²) in [6.45, 7) is 22.6. The second-order valence-corrected chi connectivity index (χ2v) is 20.1. The Labute approximate surface area is 390 Å². The van der Waals surface area contributed by atoms with Gasteiger partial charge in [0, 0.05) is 16.5 Å². The number of rotatable bonds is 8. The molecule has 328 valence electrons. The van der Waals surface area contributed by atoms with Crippen molar-refractivity contribution in [1.29, 1.82) is 0 Å². The molecule has 1 aliphatic rings. The first-order valence-electron chi connectivity index (χ1n) is 23.5. The average molecular weight is 862 g/mol. The second-order valence-electron chi connectivity index (χ2n) is 20.1. The lowest BCUT2D eigenvalue weighted by atomic mass is 9.56. The fourth-order valence-corrected chi connectivity index (χ4v) is 10.5. The Kier molecular flexibility index (Phi) is 10.5. The number of phenols is 1. The molecule has 1 N–H and O–H groups in total. The Bertz CT molecular complexity index is 3300. The number of aromatic hydroxyl groups is 1. The number of aromatic nitrogens is 3. The highest BCUT2D eigenvalue weighted by molar-refractivity contribution is 5.99. The molecule has 1 aliphatic carbocycles. The summed E-state index contributed by atoms with van der Waals surface area (Å²) >= 11 is 0. The highest BCUT2D eigenvalue weighted by Crippen LogP contribution is 2.56. The molecule has 10 rings (SSSR count). The van der Waals surface area contributed by atoms with E-state index in [1.165, 1.54) is 38.9 Å². The molecule has 4 heteroatoms. The molecule has 0 aliphatic heterocycles. The highest BCUT2D eigenvalue weighted by Gasteiger charge is 2.47. The van der Waals surface area contributed by atoms with Gasteiger partial charge in [0.05, 0.1) is 22.4 Å². The Balaban J connectivity index is 1.21. The van der Waals surface area contributed by atoms with Crippen LogP contribution < -0.4 is 0 Å². The van der Waals surface area contributed by atoms with Gasteiger partial charge in [-0.05, 0) is 128 Å². The lowest BCUT2D eigenvalue weighted by Crippen LogP contribution is -2.43. The molecule has 2 aromatic heterocycles. The van der Waals surface area contributed by atoms with Crippen LogP contribution in [-0.4, -0.2) is 19.6 Å². The number of benzene rings is 7. The summed E-state index contributed by atoms with van der Waals surface area (Å²) in [5.41, 5.74) is 21.4. The Morgan fingerprint density at radius 1 is 0.485 bits per heavy atom. The first-order chi connectivity index (χ1) is 31.6. The number of nitrogens with zero attached hydrogens (tertiary/aromatic N) is 3. The third-order valence-corrected chi connectivity index (χ3v) is 14.9. The number of imidazole rings is 1. The molecule has 0 amide bonds. The van der Waals surface area contributed by atoms with Gasteiger partial charge in [0.15, 0.2) is 5.82 Å². The van der Waals surface area contributed by atoms with Crippen LogP contribution in [0.2, 0.25) is 0 Å². The zero-order chi connectivity index (χ0) is 46.2. The fraction of sp³-hybridized carbons (Fsp3) is 0.226. The van der Waals surface area contributed by atoms with Crippen molar-refractivity contribution in [2.75, 3.05) is 0 Å². The number of para-hydroxylation sites is 2. The van der Waals surface area contributed by atoms with Gasteiger partial charge in [0.1, 0.15) is 11.4 Å². The number of phenolic OH excluding ortho intramolecular Hbond substituents is 1. The maximum atomic E-state index is 11.5. The van der Waals surface area contributed by atoms with E-state index in [4.69, 9.17) is 9.97 Å². The van der Waals surface area contributed by atoms with E-state index in [1.54, 1.807) is 6.07 Å². The molecule has 4 nitrogen and oxygen atoms in total. The molecule has 9 aromatic rings. The van der Waals surface area contributed by atoms with E-state index in [1.807, 2.05) is 6.07 Å². The molecule has 66 heavy (non-hydrogen) atoms. The maximum absolute atomic E-state index is 11.5. The van der Waals surface area contributed by atoms with Gasteiger partial charge in [0.25, 0.3) is 0 Å². The third kappa shape index (κ3) is 6.88. The minimum atomic E-state index is -0.257. The summed E-state index contributed by atoms with van der Waals surface area (Å²) in [5.74, 6) is 1.81. The first kappa shape index (κ1) is 42.9. The zero-order valence-electron chi connectivity index (χ0n) is 40.0. The molecule has 2 heterocycles. The van der Waals surface area contributed by atoms with Crippen LogP contribution >= 0.6 is 0 Å². The summed E-state index contributed by atoms with van der Waals surface area (Å²) in [4.78, 5) is 11.1. The minimum Gasteiger partial charge on any atom is -0.507 e. The molecular formula is C62H59N3O. The molecule has 0 bridgehead atoms. The summed E-state index contributed by atoms with van der Waals surface area (Å²) in [6, 6.07) is 57.0. The fourth-order valence-electron chi connectivity index (χ4n) is 10.5. The summed E-state index contributed by atoms with van der Waals surface area (Å²) < 4.78 is 2.31. The van der Waals surface area contributed by atoms with Crippen LogP contribution in [0.3, 0.4) is 0 Å². The van der Waals surface area contributed by atoms with Crippen LogP contribution in [0.1, 0.15) is 101 Å². The lowest BCUT2D eigenvalue weighted by molar-refractivity contribution is 0.296. The quantitative estimate of drug-likeness (QED) is 0.166. The average Bonchev–Trinajstić information content (AvgIpc) is 3.70. The number of pyridine rings is 1. The van der Waals surface area contributed by atoms with Gasteiger partial charge in [-0.3, -0.25) is 4.57 Å². The van der Waals surface area contributed by atoms with Crippen LogP contribution in [0.15, 0.2) is 158 Å². The minimum absolute atomic E-state index is 0.246. The highest BCUT2D eigenvalue weighted by atomic mass is 16.3. The van der Waals surface area contributed by atoms with E-state index in [2.05, 4.69) is 219 Å². The van der Waals surface area contributed by atoms with E-state index in [9.17, 15) is 5.11 Å². The number of hydrogen-bond acceptors (Lipinski definition) is 3. The first-order valence-corrected chi connectivity index (χ1v) is 23.5. The zero-order valence-corrected chi connectivity index (χ0v) is 40.0. The van der Waals surface area contributed by atoms with E-state index >= 15 is 0 Å². The molecule has 7 aromatic carbocycles. The van der Waals surface area contributed by atoms with Crippen LogP contribution in [-0.2, 0) is 10.8 Å². The third-order valence-electron chi connectivity index (χ3n) is 14.9. The van der Waals surface area contributed by atoms with E-state index in [0.717, 1.165) is 78.4 Å². The van der Waals surface area contributed by atoms with Crippen LogP contribution in [0.5, 0.6) is 5.75 Å². The standard InChI is InChI=1S/C62H59N3O/c1-37(2)44-34-45(38(3)4)36-46(35-44)48-26-16-25-47(41-21-12-11-13-22-41)55(48)43-24-15-23-42(33-43)49-27-17-29-53-57(49)64-60(65(53)59-39(5)19-14-20-40(59)6)52-32-31-51-58(63-52)56-50(28-18-30-54(56)66)61(7,8)62(51,9)10/h11-38,66H,1-10H3.